The van der Waals surface area contributed by atoms with E-state index in [1.807, 2.05) is 0 Å². The highest BCUT2D eigenvalue weighted by Gasteiger charge is 2.12. The third kappa shape index (κ3) is 4.32. The zero-order valence-electron chi connectivity index (χ0n) is 13.7. The monoisotopic (exact) mass is 368 g/mol. The first kappa shape index (κ1) is 18.9. The summed E-state index contributed by atoms with van der Waals surface area (Å²) in [6.45, 7) is 0.0392. The first-order valence-corrected chi connectivity index (χ1v) is 7.68. The van der Waals surface area contributed by atoms with E-state index in [9.17, 15) is 15.4 Å². The number of nitro benzene ring substituents is 1. The minimum absolute atomic E-state index is 0.0392. The number of rotatable bonds is 6. The third-order valence-electron chi connectivity index (χ3n) is 3.37. The minimum Gasteiger partial charge on any atom is -0.493 e. The van der Waals surface area contributed by atoms with Crippen LogP contribution in [0.15, 0.2) is 36.4 Å². The van der Waals surface area contributed by atoms with Gasteiger partial charge in [0.1, 0.15) is 6.61 Å². The maximum atomic E-state index is 10.7. The highest BCUT2D eigenvalue weighted by Crippen LogP contribution is 2.37. The van der Waals surface area contributed by atoms with Crippen LogP contribution < -0.4 is 9.47 Å². The number of benzene rings is 2. The smallest absolute Gasteiger partial charge is 0.269 e. The summed E-state index contributed by atoms with van der Waals surface area (Å²) >= 11 is 6.22. The van der Waals surface area contributed by atoms with Gasteiger partial charge in [0.15, 0.2) is 11.5 Å². The van der Waals surface area contributed by atoms with Crippen molar-refractivity contribution in [3.8, 4) is 29.9 Å². The molecule has 0 N–H and O–H groups in total. The maximum Gasteiger partial charge on any atom is 0.269 e. The van der Waals surface area contributed by atoms with Gasteiger partial charge in [-0.05, 0) is 41.5 Å². The Morgan fingerprint density at radius 1 is 1.38 bits per heavy atom. The quantitative estimate of drug-likeness (QED) is 0.249. The van der Waals surface area contributed by atoms with E-state index in [0.717, 1.165) is 0 Å². The fourth-order valence-corrected chi connectivity index (χ4v) is 2.46. The minimum atomic E-state index is -0.501. The number of hydrogen-bond donors (Lipinski definition) is 0. The van der Waals surface area contributed by atoms with Crippen LogP contribution in [0, 0.1) is 33.8 Å². The lowest BCUT2D eigenvalue weighted by Gasteiger charge is -2.12. The van der Waals surface area contributed by atoms with Gasteiger partial charge in [0.05, 0.1) is 28.7 Å². The fraction of sp³-hybridized carbons (Fsp3) is 0.105. The van der Waals surface area contributed by atoms with Crippen LogP contribution in [0.4, 0.5) is 5.69 Å². The number of halogens is 1. The molecule has 7 heteroatoms. The summed E-state index contributed by atoms with van der Waals surface area (Å²) in [6, 6.07) is 11.0. The van der Waals surface area contributed by atoms with E-state index in [4.69, 9.17) is 27.5 Å². The molecule has 0 aromatic heterocycles. The van der Waals surface area contributed by atoms with Crippen LogP contribution >= 0.6 is 11.6 Å². The molecule has 0 fully saturated rings. The molecule has 2 aromatic carbocycles. The van der Waals surface area contributed by atoms with Crippen molar-refractivity contribution in [1.29, 1.82) is 5.26 Å². The van der Waals surface area contributed by atoms with Gasteiger partial charge in [-0.2, -0.15) is 5.26 Å². The normalized spacial score (nSPS) is 10.5. The SMILES string of the molecule is C#CCOc1c(Cl)cc(/C=C(\C#N)c2ccc([N+](=O)[O-])cc2)cc1OC. The highest BCUT2D eigenvalue weighted by atomic mass is 35.5. The predicted octanol–water partition coefficient (Wildman–Crippen LogP) is 4.33. The molecule has 0 saturated heterocycles. The molecule has 0 unspecified atom stereocenters. The van der Waals surface area contributed by atoms with E-state index >= 15 is 0 Å². The summed E-state index contributed by atoms with van der Waals surface area (Å²) in [5.74, 6) is 3.04. The average Bonchev–Trinajstić information content (AvgIpc) is 2.64. The summed E-state index contributed by atoms with van der Waals surface area (Å²) < 4.78 is 10.6. The largest absolute Gasteiger partial charge is 0.493 e. The summed E-state index contributed by atoms with van der Waals surface area (Å²) in [7, 11) is 1.46. The van der Waals surface area contributed by atoms with Crippen molar-refractivity contribution in [1.82, 2.24) is 0 Å². The number of ether oxygens (including phenoxy) is 2. The molecule has 2 aromatic rings. The molecule has 6 nitrogen and oxygen atoms in total. The fourth-order valence-electron chi connectivity index (χ4n) is 2.19. The van der Waals surface area contributed by atoms with Crippen molar-refractivity contribution >= 4 is 28.9 Å². The maximum absolute atomic E-state index is 10.7. The van der Waals surface area contributed by atoms with Gasteiger partial charge in [-0.25, -0.2) is 0 Å². The van der Waals surface area contributed by atoms with Crippen LogP contribution in [0.25, 0.3) is 11.6 Å². The molecule has 0 aliphatic heterocycles. The second kappa shape index (κ2) is 8.57. The van der Waals surface area contributed by atoms with Gasteiger partial charge in [-0.3, -0.25) is 10.1 Å². The molecule has 26 heavy (non-hydrogen) atoms. The van der Waals surface area contributed by atoms with Crippen molar-refractivity contribution in [2.45, 2.75) is 0 Å². The second-order valence-electron chi connectivity index (χ2n) is 5.00. The van der Waals surface area contributed by atoms with Gasteiger partial charge in [0.2, 0.25) is 0 Å². The molecule has 0 aliphatic carbocycles. The topological polar surface area (TPSA) is 85.4 Å². The summed E-state index contributed by atoms with van der Waals surface area (Å²) in [4.78, 5) is 10.2. The van der Waals surface area contributed by atoms with Crippen molar-refractivity contribution < 1.29 is 14.4 Å². The number of nitriles is 1. The zero-order chi connectivity index (χ0) is 19.1. The van der Waals surface area contributed by atoms with Crippen LogP contribution in [0.1, 0.15) is 11.1 Å². The highest BCUT2D eigenvalue weighted by molar-refractivity contribution is 6.32. The Morgan fingerprint density at radius 3 is 2.62 bits per heavy atom. The number of allylic oxidation sites excluding steroid dienone is 1. The number of terminal acetylenes is 1. The van der Waals surface area contributed by atoms with Crippen LogP contribution in [-0.4, -0.2) is 18.6 Å². The molecule has 0 amide bonds. The Morgan fingerprint density at radius 2 is 2.08 bits per heavy atom. The Balaban J connectivity index is 2.42. The van der Waals surface area contributed by atoms with Crippen molar-refractivity contribution in [2.75, 3.05) is 13.7 Å². The van der Waals surface area contributed by atoms with Gasteiger partial charge < -0.3 is 9.47 Å². The molecular weight excluding hydrogens is 356 g/mol. The third-order valence-corrected chi connectivity index (χ3v) is 3.65. The van der Waals surface area contributed by atoms with Crippen LogP contribution in [0.3, 0.4) is 0 Å². The molecule has 2 rings (SSSR count). The molecule has 0 heterocycles. The molecule has 0 radical (unpaired) electrons. The molecule has 0 atom stereocenters. The van der Waals surface area contributed by atoms with E-state index in [0.29, 0.717) is 28.2 Å². The van der Waals surface area contributed by atoms with Crippen molar-refractivity contribution in [2.24, 2.45) is 0 Å². The first-order chi connectivity index (χ1) is 12.5. The Bertz CT molecular complexity index is 938. The standard InChI is InChI=1S/C19H13ClN2O4/c1-3-8-26-19-17(20)10-13(11-18(19)25-2)9-15(12-21)14-4-6-16(7-5-14)22(23)24/h1,4-7,9-11H,8H2,2H3/b15-9+. The summed E-state index contributed by atoms with van der Waals surface area (Å²) in [5.41, 5.74) is 1.41. The molecule has 0 saturated carbocycles. The number of nitrogens with zero attached hydrogens (tertiary/aromatic N) is 2. The van der Waals surface area contributed by atoms with E-state index in [2.05, 4.69) is 12.0 Å². The lowest BCUT2D eigenvalue weighted by atomic mass is 10.0. The van der Waals surface area contributed by atoms with E-state index in [-0.39, 0.29) is 17.3 Å². The van der Waals surface area contributed by atoms with Gasteiger partial charge in [0.25, 0.3) is 5.69 Å². The van der Waals surface area contributed by atoms with Crippen molar-refractivity contribution in [3.05, 3.63) is 62.7 Å². The van der Waals surface area contributed by atoms with E-state index in [1.165, 1.54) is 31.4 Å². The van der Waals surface area contributed by atoms with Gasteiger partial charge in [-0.15, -0.1) is 6.42 Å². The van der Waals surface area contributed by atoms with Crippen molar-refractivity contribution in [3.63, 3.8) is 0 Å². The summed E-state index contributed by atoms with van der Waals surface area (Å²) in [6.07, 6.45) is 6.78. The lowest BCUT2D eigenvalue weighted by Crippen LogP contribution is -1.98. The number of methoxy groups -OCH3 is 1. The van der Waals surface area contributed by atoms with Crippen LogP contribution in [-0.2, 0) is 0 Å². The van der Waals surface area contributed by atoms with Gasteiger partial charge >= 0.3 is 0 Å². The average molecular weight is 369 g/mol. The van der Waals surface area contributed by atoms with Gasteiger partial charge in [-0.1, -0.05) is 17.5 Å². The Labute approximate surface area is 155 Å². The van der Waals surface area contributed by atoms with Crippen LogP contribution in [0.5, 0.6) is 11.5 Å². The van der Waals surface area contributed by atoms with Crippen LogP contribution in [0.2, 0.25) is 5.02 Å². The first-order valence-electron chi connectivity index (χ1n) is 7.30. The zero-order valence-corrected chi connectivity index (χ0v) is 14.5. The number of nitro groups is 1. The summed E-state index contributed by atoms with van der Waals surface area (Å²) in [5, 5.41) is 20.4. The second-order valence-corrected chi connectivity index (χ2v) is 5.41. The Hall–Kier alpha value is -3.48. The Kier molecular flexibility index (Phi) is 6.21. The lowest BCUT2D eigenvalue weighted by molar-refractivity contribution is -0.384. The van der Waals surface area contributed by atoms with E-state index in [1.54, 1.807) is 18.2 Å². The molecular formula is C19H13ClN2O4. The van der Waals surface area contributed by atoms with Gasteiger partial charge in [0, 0.05) is 12.1 Å². The van der Waals surface area contributed by atoms with E-state index < -0.39 is 4.92 Å². The number of non-ortho nitro benzene ring substituents is 1. The molecule has 0 bridgehead atoms. The molecule has 130 valence electrons. The molecule has 0 spiro atoms. The number of hydrogen-bond acceptors (Lipinski definition) is 5. The molecule has 0 aliphatic rings. The predicted molar refractivity (Wildman–Crippen MR) is 98.9 cm³/mol.